The van der Waals surface area contributed by atoms with Crippen LogP contribution in [-0.2, 0) is 13.0 Å². The summed E-state index contributed by atoms with van der Waals surface area (Å²) < 4.78 is 6.56. The molecule has 0 radical (unpaired) electrons. The largest absolute Gasteiger partial charge is 0.497 e. The van der Waals surface area contributed by atoms with Crippen molar-refractivity contribution in [2.45, 2.75) is 19.9 Å². The van der Waals surface area contributed by atoms with Crippen molar-refractivity contribution in [3.05, 3.63) is 46.2 Å². The second-order valence-electron chi connectivity index (χ2n) is 4.24. The molecule has 20 heavy (non-hydrogen) atoms. The van der Waals surface area contributed by atoms with Crippen molar-refractivity contribution in [2.75, 3.05) is 7.11 Å². The van der Waals surface area contributed by atoms with E-state index in [0.29, 0.717) is 17.8 Å². The molecule has 1 aromatic heterocycles. The zero-order valence-electron chi connectivity index (χ0n) is 11.5. The lowest BCUT2D eigenvalue weighted by molar-refractivity contribution is 0.415. The Hall–Kier alpha value is -2.61. The molecule has 5 nitrogen and oxygen atoms in total. The van der Waals surface area contributed by atoms with E-state index in [4.69, 9.17) is 10.00 Å². The Kier molecular flexibility index (Phi) is 4.16. The van der Waals surface area contributed by atoms with Crippen molar-refractivity contribution in [1.29, 1.82) is 5.26 Å². The van der Waals surface area contributed by atoms with Crippen LogP contribution in [-0.4, -0.2) is 16.9 Å². The fourth-order valence-electron chi connectivity index (χ4n) is 1.95. The highest BCUT2D eigenvalue weighted by Crippen LogP contribution is 2.22. The van der Waals surface area contributed by atoms with E-state index in [1.807, 2.05) is 37.3 Å². The summed E-state index contributed by atoms with van der Waals surface area (Å²) in [6.45, 7) is 2.31. The van der Waals surface area contributed by atoms with Crippen LogP contribution in [0.3, 0.4) is 0 Å². The fraction of sp³-hybridized carbons (Fsp3) is 0.267. The van der Waals surface area contributed by atoms with E-state index in [1.54, 1.807) is 13.2 Å². The Morgan fingerprint density at radius 3 is 2.85 bits per heavy atom. The van der Waals surface area contributed by atoms with Crippen LogP contribution < -0.4 is 10.3 Å². The smallest absolute Gasteiger partial charge is 0.271 e. The summed E-state index contributed by atoms with van der Waals surface area (Å²) in [5.41, 5.74) is 1.77. The molecule has 0 saturated carbocycles. The molecule has 0 aliphatic carbocycles. The van der Waals surface area contributed by atoms with Crippen molar-refractivity contribution in [3.8, 4) is 23.1 Å². The van der Waals surface area contributed by atoms with E-state index in [9.17, 15) is 4.79 Å². The van der Waals surface area contributed by atoms with Crippen molar-refractivity contribution in [3.63, 3.8) is 0 Å². The highest BCUT2D eigenvalue weighted by atomic mass is 16.5. The third-order valence-corrected chi connectivity index (χ3v) is 2.98. The minimum absolute atomic E-state index is 0.0817. The summed E-state index contributed by atoms with van der Waals surface area (Å²) in [4.78, 5) is 12.0. The average Bonchev–Trinajstić information content (AvgIpc) is 2.49. The van der Waals surface area contributed by atoms with Crippen LogP contribution in [0, 0.1) is 11.3 Å². The minimum Gasteiger partial charge on any atom is -0.497 e. The van der Waals surface area contributed by atoms with Gasteiger partial charge < -0.3 is 4.74 Å². The van der Waals surface area contributed by atoms with E-state index in [-0.39, 0.29) is 12.0 Å². The van der Waals surface area contributed by atoms with E-state index in [2.05, 4.69) is 5.10 Å². The van der Waals surface area contributed by atoms with Crippen LogP contribution in [0.15, 0.2) is 35.1 Å². The first-order chi connectivity index (χ1) is 9.69. The lowest BCUT2D eigenvalue weighted by Crippen LogP contribution is -2.25. The summed E-state index contributed by atoms with van der Waals surface area (Å²) in [7, 11) is 1.60. The molecular weight excluding hydrogens is 254 g/mol. The fourth-order valence-corrected chi connectivity index (χ4v) is 1.95. The van der Waals surface area contributed by atoms with Gasteiger partial charge in [-0.15, -0.1) is 0 Å². The van der Waals surface area contributed by atoms with E-state index in [1.165, 1.54) is 4.68 Å². The quantitative estimate of drug-likeness (QED) is 0.851. The predicted octanol–water partition coefficient (Wildman–Crippen LogP) is 2.00. The van der Waals surface area contributed by atoms with Crippen molar-refractivity contribution < 1.29 is 4.74 Å². The van der Waals surface area contributed by atoms with Gasteiger partial charge in [-0.25, -0.2) is 4.68 Å². The monoisotopic (exact) mass is 269 g/mol. The molecule has 0 saturated heterocycles. The summed E-state index contributed by atoms with van der Waals surface area (Å²) in [6, 6.07) is 11.1. The maximum Gasteiger partial charge on any atom is 0.271 e. The molecule has 1 heterocycles. The molecule has 0 unspecified atom stereocenters. The standard InChI is InChI=1S/C15H15N3O2/c1-3-18-15(19)12(7-8-16)10-14(17-18)11-5-4-6-13(9-11)20-2/h4-6,9-10H,3,7H2,1-2H3. The molecule has 0 aliphatic rings. The molecule has 2 rings (SSSR count). The third-order valence-electron chi connectivity index (χ3n) is 2.98. The summed E-state index contributed by atoms with van der Waals surface area (Å²) in [5.74, 6) is 0.723. The van der Waals surface area contributed by atoms with Gasteiger partial charge in [0, 0.05) is 17.7 Å². The number of aromatic nitrogens is 2. The summed E-state index contributed by atoms with van der Waals surface area (Å²) in [6.07, 6.45) is 0.0817. The highest BCUT2D eigenvalue weighted by molar-refractivity contribution is 5.61. The molecular formula is C15H15N3O2. The lowest BCUT2D eigenvalue weighted by Gasteiger charge is -2.08. The summed E-state index contributed by atoms with van der Waals surface area (Å²) >= 11 is 0. The predicted molar refractivity (Wildman–Crippen MR) is 75.5 cm³/mol. The van der Waals surface area contributed by atoms with Crippen molar-refractivity contribution in [1.82, 2.24) is 9.78 Å². The molecule has 0 amide bonds. The number of hydrogen-bond acceptors (Lipinski definition) is 4. The number of rotatable bonds is 4. The number of methoxy groups -OCH3 is 1. The number of nitriles is 1. The normalized spacial score (nSPS) is 10.1. The van der Waals surface area contributed by atoms with E-state index < -0.39 is 0 Å². The van der Waals surface area contributed by atoms with Gasteiger partial charge in [-0.2, -0.15) is 10.4 Å². The first-order valence-corrected chi connectivity index (χ1v) is 6.32. The van der Waals surface area contributed by atoms with Crippen molar-refractivity contribution >= 4 is 0 Å². The van der Waals surface area contributed by atoms with Gasteiger partial charge >= 0.3 is 0 Å². The molecule has 0 N–H and O–H groups in total. The SMILES string of the molecule is CCn1nc(-c2cccc(OC)c2)cc(CC#N)c1=O. The van der Waals surface area contributed by atoms with Crippen LogP contribution in [0.4, 0.5) is 0 Å². The lowest BCUT2D eigenvalue weighted by atomic mass is 10.1. The zero-order valence-corrected chi connectivity index (χ0v) is 11.5. The van der Waals surface area contributed by atoms with Crippen LogP contribution in [0.1, 0.15) is 12.5 Å². The van der Waals surface area contributed by atoms with Crippen LogP contribution >= 0.6 is 0 Å². The van der Waals surface area contributed by atoms with Crippen molar-refractivity contribution in [2.24, 2.45) is 0 Å². The second-order valence-corrected chi connectivity index (χ2v) is 4.24. The molecule has 0 atom stereocenters. The molecule has 0 bridgehead atoms. The Bertz CT molecular complexity index is 714. The topological polar surface area (TPSA) is 67.9 Å². The number of aryl methyl sites for hydroxylation is 1. The number of ether oxygens (including phenoxy) is 1. The van der Waals surface area contributed by atoms with Gasteiger partial charge in [0.05, 0.1) is 25.3 Å². The zero-order chi connectivity index (χ0) is 14.5. The maximum absolute atomic E-state index is 12.0. The molecule has 5 heteroatoms. The Labute approximate surface area is 117 Å². The second kappa shape index (κ2) is 6.02. The van der Waals surface area contributed by atoms with Crippen LogP contribution in [0.5, 0.6) is 5.75 Å². The van der Waals surface area contributed by atoms with Gasteiger partial charge in [0.2, 0.25) is 0 Å². The summed E-state index contributed by atoms with van der Waals surface area (Å²) in [5, 5.41) is 13.1. The number of nitrogens with zero attached hydrogens (tertiary/aromatic N) is 3. The molecule has 0 spiro atoms. The van der Waals surface area contributed by atoms with Gasteiger partial charge in [0.15, 0.2) is 0 Å². The molecule has 1 aromatic carbocycles. The first-order valence-electron chi connectivity index (χ1n) is 6.32. The third kappa shape index (κ3) is 2.69. The van der Waals surface area contributed by atoms with Gasteiger partial charge in [0.25, 0.3) is 5.56 Å². The molecule has 102 valence electrons. The Morgan fingerprint density at radius 2 is 2.20 bits per heavy atom. The van der Waals surface area contributed by atoms with E-state index >= 15 is 0 Å². The molecule has 0 fully saturated rings. The van der Waals surface area contributed by atoms with Crippen LogP contribution in [0.25, 0.3) is 11.3 Å². The van der Waals surface area contributed by atoms with Gasteiger partial charge in [-0.1, -0.05) is 12.1 Å². The first kappa shape index (κ1) is 13.8. The van der Waals surface area contributed by atoms with Gasteiger partial charge in [-0.3, -0.25) is 4.79 Å². The highest BCUT2D eigenvalue weighted by Gasteiger charge is 2.09. The minimum atomic E-state index is -0.208. The molecule has 0 aliphatic heterocycles. The Balaban J connectivity index is 2.59. The molecule has 2 aromatic rings. The maximum atomic E-state index is 12.0. The van der Waals surface area contributed by atoms with Gasteiger partial charge in [0.1, 0.15) is 5.75 Å². The Morgan fingerprint density at radius 1 is 1.40 bits per heavy atom. The van der Waals surface area contributed by atoms with Crippen LogP contribution in [0.2, 0.25) is 0 Å². The van der Waals surface area contributed by atoms with Gasteiger partial charge in [-0.05, 0) is 25.1 Å². The average molecular weight is 269 g/mol. The number of hydrogen-bond donors (Lipinski definition) is 0. The number of benzene rings is 1. The van der Waals surface area contributed by atoms with E-state index in [0.717, 1.165) is 11.3 Å².